The van der Waals surface area contributed by atoms with Gasteiger partial charge >= 0.3 is 0 Å². The highest BCUT2D eigenvalue weighted by atomic mass is 35.5. The Bertz CT molecular complexity index is 576. The van der Waals surface area contributed by atoms with Gasteiger partial charge in [0.15, 0.2) is 0 Å². The highest BCUT2D eigenvalue weighted by Crippen LogP contribution is 2.20. The zero-order valence-electron chi connectivity index (χ0n) is 11.2. The minimum absolute atomic E-state index is 0. The van der Waals surface area contributed by atoms with Gasteiger partial charge in [-0.05, 0) is 37.9 Å². The summed E-state index contributed by atoms with van der Waals surface area (Å²) in [4.78, 5) is 12.1. The van der Waals surface area contributed by atoms with E-state index in [1.807, 2.05) is 24.3 Å². The molecule has 4 nitrogen and oxygen atoms in total. The molecule has 108 valence electrons. The predicted octanol–water partition coefficient (Wildman–Crippen LogP) is 2.58. The molecule has 1 aliphatic rings. The molecular weight excluding hydrogens is 276 g/mol. The fourth-order valence-corrected chi connectivity index (χ4v) is 2.60. The van der Waals surface area contributed by atoms with Gasteiger partial charge in [-0.1, -0.05) is 18.2 Å². The summed E-state index contributed by atoms with van der Waals surface area (Å²) in [6.45, 7) is 2.90. The zero-order chi connectivity index (χ0) is 13.1. The van der Waals surface area contributed by atoms with Crippen molar-refractivity contribution in [2.75, 3.05) is 19.6 Å². The van der Waals surface area contributed by atoms with Crippen LogP contribution in [0.5, 0.6) is 0 Å². The van der Waals surface area contributed by atoms with Crippen LogP contribution >= 0.6 is 12.4 Å². The quantitative estimate of drug-likeness (QED) is 0.911. The third-order valence-corrected chi connectivity index (χ3v) is 3.73. The van der Waals surface area contributed by atoms with Crippen LogP contribution in [-0.2, 0) is 0 Å². The molecule has 0 spiro atoms. The third-order valence-electron chi connectivity index (χ3n) is 3.73. The first-order valence-electron chi connectivity index (χ1n) is 6.80. The molecule has 1 aromatic carbocycles. The summed E-state index contributed by atoms with van der Waals surface area (Å²) in [6.07, 6.45) is 3.79. The predicted molar refractivity (Wildman–Crippen MR) is 81.4 cm³/mol. The van der Waals surface area contributed by atoms with Crippen molar-refractivity contribution in [1.82, 2.24) is 10.6 Å². The van der Waals surface area contributed by atoms with Gasteiger partial charge in [0.05, 0.1) is 5.56 Å². The molecule has 2 N–H and O–H groups in total. The molecular formula is C15H19ClN2O2. The van der Waals surface area contributed by atoms with Crippen LogP contribution in [-0.4, -0.2) is 25.5 Å². The standard InChI is InChI=1S/C15H18N2O2.ClH/c18-15(17-8-6-11-5-7-16-9-11)13-10-19-14-4-2-1-3-12(13)14;/h1-4,10-11,16H,5-9H2,(H,17,18);1H. The average molecular weight is 295 g/mol. The highest BCUT2D eigenvalue weighted by molar-refractivity contribution is 6.05. The SMILES string of the molecule is Cl.O=C(NCCC1CCNC1)c1coc2ccccc12. The maximum atomic E-state index is 12.1. The molecule has 1 fully saturated rings. The van der Waals surface area contributed by atoms with Gasteiger partial charge in [0.1, 0.15) is 11.8 Å². The molecule has 1 atom stereocenters. The van der Waals surface area contributed by atoms with Crippen molar-refractivity contribution in [3.8, 4) is 0 Å². The Morgan fingerprint density at radius 3 is 3.05 bits per heavy atom. The average Bonchev–Trinajstić information content (AvgIpc) is 3.07. The van der Waals surface area contributed by atoms with Gasteiger partial charge in [-0.2, -0.15) is 0 Å². The molecule has 2 aromatic rings. The highest BCUT2D eigenvalue weighted by Gasteiger charge is 2.16. The molecule has 1 aromatic heterocycles. The number of hydrogen-bond acceptors (Lipinski definition) is 3. The molecule has 1 amide bonds. The zero-order valence-corrected chi connectivity index (χ0v) is 12.0. The maximum Gasteiger partial charge on any atom is 0.255 e. The van der Waals surface area contributed by atoms with E-state index in [1.54, 1.807) is 0 Å². The molecule has 3 rings (SSSR count). The normalized spacial score (nSPS) is 17.9. The molecule has 2 heterocycles. The lowest BCUT2D eigenvalue weighted by Crippen LogP contribution is -2.26. The van der Waals surface area contributed by atoms with Crippen molar-refractivity contribution in [2.24, 2.45) is 5.92 Å². The van der Waals surface area contributed by atoms with Crippen molar-refractivity contribution in [3.05, 3.63) is 36.1 Å². The monoisotopic (exact) mass is 294 g/mol. The van der Waals surface area contributed by atoms with E-state index in [0.29, 0.717) is 11.5 Å². The summed E-state index contributed by atoms with van der Waals surface area (Å²) in [6, 6.07) is 7.60. The van der Waals surface area contributed by atoms with Crippen LogP contribution in [0, 0.1) is 5.92 Å². The first kappa shape index (κ1) is 14.9. The number of carbonyl (C=O) groups excluding carboxylic acids is 1. The van der Waals surface area contributed by atoms with Crippen LogP contribution in [0.25, 0.3) is 11.0 Å². The minimum atomic E-state index is -0.0455. The van der Waals surface area contributed by atoms with Crippen LogP contribution in [0.2, 0.25) is 0 Å². The Balaban J connectivity index is 0.00000147. The largest absolute Gasteiger partial charge is 0.463 e. The van der Waals surface area contributed by atoms with Crippen molar-refractivity contribution in [2.45, 2.75) is 12.8 Å². The Labute approximate surface area is 124 Å². The topological polar surface area (TPSA) is 54.3 Å². The number of para-hydroxylation sites is 1. The van der Waals surface area contributed by atoms with Crippen LogP contribution in [0.4, 0.5) is 0 Å². The Morgan fingerprint density at radius 2 is 2.25 bits per heavy atom. The van der Waals surface area contributed by atoms with E-state index in [0.717, 1.165) is 37.0 Å². The summed E-state index contributed by atoms with van der Waals surface area (Å²) in [7, 11) is 0. The second-order valence-corrected chi connectivity index (χ2v) is 5.05. The number of carbonyl (C=O) groups is 1. The van der Waals surface area contributed by atoms with Gasteiger partial charge in [0, 0.05) is 11.9 Å². The first-order chi connectivity index (χ1) is 9.34. The van der Waals surface area contributed by atoms with Crippen molar-refractivity contribution < 1.29 is 9.21 Å². The number of nitrogens with one attached hydrogen (secondary N) is 2. The van der Waals surface area contributed by atoms with Gasteiger partial charge in [-0.3, -0.25) is 4.79 Å². The summed E-state index contributed by atoms with van der Waals surface area (Å²) >= 11 is 0. The molecule has 1 saturated heterocycles. The maximum absolute atomic E-state index is 12.1. The number of halogens is 1. The number of fused-ring (bicyclic) bond motifs is 1. The van der Waals surface area contributed by atoms with Crippen LogP contribution in [0.1, 0.15) is 23.2 Å². The molecule has 1 aliphatic heterocycles. The number of amides is 1. The van der Waals surface area contributed by atoms with Gasteiger partial charge in [-0.15, -0.1) is 12.4 Å². The number of furan rings is 1. The van der Waals surface area contributed by atoms with Crippen molar-refractivity contribution >= 4 is 29.3 Å². The van der Waals surface area contributed by atoms with E-state index in [9.17, 15) is 4.79 Å². The molecule has 1 unspecified atom stereocenters. The fraction of sp³-hybridized carbons (Fsp3) is 0.400. The summed E-state index contributed by atoms with van der Waals surface area (Å²) < 4.78 is 5.38. The van der Waals surface area contributed by atoms with E-state index >= 15 is 0 Å². The number of benzene rings is 1. The summed E-state index contributed by atoms with van der Waals surface area (Å²) in [5.74, 6) is 0.650. The van der Waals surface area contributed by atoms with E-state index < -0.39 is 0 Å². The third kappa shape index (κ3) is 3.14. The second kappa shape index (κ2) is 6.77. The lowest BCUT2D eigenvalue weighted by Gasteiger charge is -2.08. The van der Waals surface area contributed by atoms with Gasteiger partial charge in [-0.25, -0.2) is 0 Å². The van der Waals surface area contributed by atoms with Crippen LogP contribution < -0.4 is 10.6 Å². The van der Waals surface area contributed by atoms with Crippen molar-refractivity contribution in [1.29, 1.82) is 0 Å². The second-order valence-electron chi connectivity index (χ2n) is 5.05. The summed E-state index contributed by atoms with van der Waals surface area (Å²) in [5, 5.41) is 7.19. The smallest absolute Gasteiger partial charge is 0.255 e. The molecule has 0 aliphatic carbocycles. The Hall–Kier alpha value is -1.52. The molecule has 0 saturated carbocycles. The Kier molecular flexibility index (Phi) is 5.04. The van der Waals surface area contributed by atoms with Crippen molar-refractivity contribution in [3.63, 3.8) is 0 Å². The first-order valence-corrected chi connectivity index (χ1v) is 6.80. The molecule has 5 heteroatoms. The van der Waals surface area contributed by atoms with Gasteiger partial charge in [0.25, 0.3) is 5.91 Å². The lowest BCUT2D eigenvalue weighted by molar-refractivity contribution is 0.0952. The molecule has 0 bridgehead atoms. The van der Waals surface area contributed by atoms with E-state index in [-0.39, 0.29) is 18.3 Å². The molecule has 20 heavy (non-hydrogen) atoms. The minimum Gasteiger partial charge on any atom is -0.463 e. The van der Waals surface area contributed by atoms with E-state index in [2.05, 4.69) is 10.6 Å². The number of rotatable bonds is 4. The van der Waals surface area contributed by atoms with Crippen LogP contribution in [0.3, 0.4) is 0 Å². The van der Waals surface area contributed by atoms with Gasteiger partial charge < -0.3 is 15.1 Å². The Morgan fingerprint density at radius 1 is 1.40 bits per heavy atom. The molecule has 0 radical (unpaired) electrons. The summed E-state index contributed by atoms with van der Waals surface area (Å²) in [5.41, 5.74) is 1.38. The van der Waals surface area contributed by atoms with Gasteiger partial charge in [0.2, 0.25) is 0 Å². The van der Waals surface area contributed by atoms with E-state index in [4.69, 9.17) is 4.42 Å². The van der Waals surface area contributed by atoms with E-state index in [1.165, 1.54) is 12.7 Å². The lowest BCUT2D eigenvalue weighted by atomic mass is 10.1. The number of hydrogen-bond donors (Lipinski definition) is 2. The fourth-order valence-electron chi connectivity index (χ4n) is 2.60. The van der Waals surface area contributed by atoms with Crippen LogP contribution in [0.15, 0.2) is 34.9 Å².